The van der Waals surface area contributed by atoms with Crippen molar-refractivity contribution in [3.63, 3.8) is 0 Å². The number of rotatable bonds is 4. The fourth-order valence-electron chi connectivity index (χ4n) is 2.77. The third-order valence-corrected chi connectivity index (χ3v) is 4.16. The van der Waals surface area contributed by atoms with Crippen LogP contribution in [0.25, 0.3) is 0 Å². The van der Waals surface area contributed by atoms with Crippen molar-refractivity contribution in [2.24, 2.45) is 5.92 Å². The second-order valence-electron chi connectivity index (χ2n) is 5.57. The summed E-state index contributed by atoms with van der Waals surface area (Å²) in [7, 11) is 2.49. The normalized spacial score (nSPS) is 14.7. The number of nitrogens with zero attached hydrogens (tertiary/aromatic N) is 2. The van der Waals surface area contributed by atoms with E-state index in [1.54, 1.807) is 0 Å². The van der Waals surface area contributed by atoms with Gasteiger partial charge >= 0.3 is 11.9 Å². The molecule has 0 bridgehead atoms. The lowest BCUT2D eigenvalue weighted by Gasteiger charge is -2.30. The first kappa shape index (κ1) is 18.4. The SMILES string of the molecule is COC(=O)c1ccc([N+](=O)[O-])c(C(=O)N2CCC(C(=O)OC)CC2)c1. The van der Waals surface area contributed by atoms with Crippen LogP contribution in [-0.2, 0) is 14.3 Å². The monoisotopic (exact) mass is 350 g/mol. The van der Waals surface area contributed by atoms with Gasteiger partial charge in [-0.15, -0.1) is 0 Å². The zero-order chi connectivity index (χ0) is 18.6. The molecule has 0 N–H and O–H groups in total. The summed E-state index contributed by atoms with van der Waals surface area (Å²) in [5.74, 6) is -1.86. The molecular weight excluding hydrogens is 332 g/mol. The van der Waals surface area contributed by atoms with Gasteiger partial charge in [0.2, 0.25) is 0 Å². The summed E-state index contributed by atoms with van der Waals surface area (Å²) in [4.78, 5) is 47.8. The number of carbonyl (C=O) groups excluding carboxylic acids is 3. The summed E-state index contributed by atoms with van der Waals surface area (Å²) in [5.41, 5.74) is -0.502. The fourth-order valence-corrected chi connectivity index (χ4v) is 2.77. The molecule has 0 radical (unpaired) electrons. The molecule has 1 aromatic rings. The summed E-state index contributed by atoms with van der Waals surface area (Å²) >= 11 is 0. The van der Waals surface area contributed by atoms with E-state index in [1.165, 1.54) is 31.3 Å². The first-order chi connectivity index (χ1) is 11.9. The van der Waals surface area contributed by atoms with Crippen molar-refractivity contribution in [2.75, 3.05) is 27.3 Å². The van der Waals surface area contributed by atoms with Crippen LogP contribution in [0.2, 0.25) is 0 Å². The van der Waals surface area contributed by atoms with E-state index in [9.17, 15) is 24.5 Å². The van der Waals surface area contributed by atoms with Gasteiger partial charge in [-0.3, -0.25) is 19.7 Å². The van der Waals surface area contributed by atoms with Crippen molar-refractivity contribution in [2.45, 2.75) is 12.8 Å². The molecule has 0 aromatic heterocycles. The van der Waals surface area contributed by atoms with Gasteiger partial charge in [-0.05, 0) is 25.0 Å². The number of piperidine rings is 1. The first-order valence-electron chi connectivity index (χ1n) is 7.63. The predicted molar refractivity (Wildman–Crippen MR) is 85.1 cm³/mol. The summed E-state index contributed by atoms with van der Waals surface area (Å²) in [6.45, 7) is 0.552. The molecule has 0 atom stereocenters. The number of likely N-dealkylation sites (tertiary alicyclic amines) is 1. The molecule has 134 valence electrons. The number of ether oxygens (including phenoxy) is 2. The maximum absolute atomic E-state index is 12.7. The average molecular weight is 350 g/mol. The lowest BCUT2D eigenvalue weighted by Crippen LogP contribution is -2.40. The molecule has 0 aliphatic carbocycles. The van der Waals surface area contributed by atoms with Crippen molar-refractivity contribution in [1.29, 1.82) is 0 Å². The minimum absolute atomic E-state index is 0.0564. The minimum atomic E-state index is -0.687. The van der Waals surface area contributed by atoms with Gasteiger partial charge in [-0.2, -0.15) is 0 Å². The molecule has 9 heteroatoms. The highest BCUT2D eigenvalue weighted by Gasteiger charge is 2.31. The summed E-state index contributed by atoms with van der Waals surface area (Å²) in [6, 6.07) is 3.52. The zero-order valence-corrected chi connectivity index (χ0v) is 13.9. The van der Waals surface area contributed by atoms with E-state index in [1.807, 2.05) is 0 Å². The van der Waals surface area contributed by atoms with E-state index in [-0.39, 0.29) is 41.8 Å². The quantitative estimate of drug-likeness (QED) is 0.458. The van der Waals surface area contributed by atoms with Crippen molar-refractivity contribution in [3.8, 4) is 0 Å². The molecule has 1 heterocycles. The maximum atomic E-state index is 12.7. The molecule has 1 amide bonds. The van der Waals surface area contributed by atoms with Crippen LogP contribution >= 0.6 is 0 Å². The Morgan fingerprint density at radius 1 is 1.16 bits per heavy atom. The molecule has 1 aromatic carbocycles. The molecule has 0 saturated carbocycles. The van der Waals surface area contributed by atoms with E-state index in [0.29, 0.717) is 12.8 Å². The van der Waals surface area contributed by atoms with Crippen molar-refractivity contribution >= 4 is 23.5 Å². The molecule has 1 saturated heterocycles. The Morgan fingerprint density at radius 2 is 1.80 bits per heavy atom. The number of hydrogen-bond acceptors (Lipinski definition) is 7. The van der Waals surface area contributed by atoms with Crippen LogP contribution in [0.3, 0.4) is 0 Å². The number of benzene rings is 1. The average Bonchev–Trinajstić information content (AvgIpc) is 2.65. The lowest BCUT2D eigenvalue weighted by molar-refractivity contribution is -0.385. The second-order valence-corrected chi connectivity index (χ2v) is 5.57. The standard InChI is InChI=1S/C16H18N2O7/c1-24-15(20)10-5-7-17(8-6-10)14(19)12-9-11(16(21)25-2)3-4-13(12)18(22)23/h3-4,9-10H,5-8H2,1-2H3. The number of amides is 1. The van der Waals surface area contributed by atoms with Gasteiger partial charge in [0.25, 0.3) is 11.6 Å². The highest BCUT2D eigenvalue weighted by molar-refractivity contribution is 6.01. The third kappa shape index (κ3) is 3.93. The van der Waals surface area contributed by atoms with E-state index in [2.05, 4.69) is 4.74 Å². The Hall–Kier alpha value is -2.97. The van der Waals surface area contributed by atoms with Crippen LogP contribution in [-0.4, -0.2) is 55.0 Å². The van der Waals surface area contributed by atoms with Gasteiger partial charge in [-0.25, -0.2) is 4.79 Å². The highest BCUT2D eigenvalue weighted by atomic mass is 16.6. The van der Waals surface area contributed by atoms with Gasteiger partial charge in [-0.1, -0.05) is 0 Å². The van der Waals surface area contributed by atoms with Crippen LogP contribution in [0.5, 0.6) is 0 Å². The lowest BCUT2D eigenvalue weighted by atomic mass is 9.96. The predicted octanol–water partition coefficient (Wildman–Crippen LogP) is 1.41. The van der Waals surface area contributed by atoms with E-state index in [0.717, 1.165) is 6.07 Å². The molecule has 1 aliphatic heterocycles. The molecular formula is C16H18N2O7. The summed E-state index contributed by atoms with van der Waals surface area (Å²) in [5, 5.41) is 11.2. The highest BCUT2D eigenvalue weighted by Crippen LogP contribution is 2.25. The Labute approximate surface area is 143 Å². The van der Waals surface area contributed by atoms with Gasteiger partial charge in [0, 0.05) is 19.2 Å². The molecule has 1 aliphatic rings. The van der Waals surface area contributed by atoms with E-state index in [4.69, 9.17) is 4.74 Å². The van der Waals surface area contributed by atoms with Crippen molar-refractivity contribution in [3.05, 3.63) is 39.4 Å². The summed E-state index contributed by atoms with van der Waals surface area (Å²) in [6.07, 6.45) is 0.839. The van der Waals surface area contributed by atoms with Gasteiger partial charge in [0.15, 0.2) is 0 Å². The molecule has 25 heavy (non-hydrogen) atoms. The minimum Gasteiger partial charge on any atom is -0.469 e. The van der Waals surface area contributed by atoms with Gasteiger partial charge in [0.1, 0.15) is 5.56 Å². The molecule has 0 spiro atoms. The third-order valence-electron chi connectivity index (χ3n) is 4.16. The smallest absolute Gasteiger partial charge is 0.337 e. The van der Waals surface area contributed by atoms with Crippen LogP contribution in [0.4, 0.5) is 5.69 Å². The number of carbonyl (C=O) groups is 3. The number of methoxy groups -OCH3 is 2. The molecule has 0 unspecified atom stereocenters. The summed E-state index contributed by atoms with van der Waals surface area (Å²) < 4.78 is 9.28. The Balaban J connectivity index is 2.24. The Bertz CT molecular complexity index is 708. The van der Waals surface area contributed by atoms with Crippen LogP contribution in [0, 0.1) is 16.0 Å². The number of nitro benzene ring substituents is 1. The number of hydrogen-bond donors (Lipinski definition) is 0. The van der Waals surface area contributed by atoms with Crippen LogP contribution in [0.15, 0.2) is 18.2 Å². The van der Waals surface area contributed by atoms with Crippen molar-refractivity contribution < 1.29 is 28.8 Å². The largest absolute Gasteiger partial charge is 0.469 e. The van der Waals surface area contributed by atoms with Gasteiger partial charge < -0.3 is 14.4 Å². The van der Waals surface area contributed by atoms with Crippen LogP contribution in [0.1, 0.15) is 33.6 Å². The number of esters is 2. The van der Waals surface area contributed by atoms with E-state index < -0.39 is 16.8 Å². The second kappa shape index (κ2) is 7.73. The topological polar surface area (TPSA) is 116 Å². The first-order valence-corrected chi connectivity index (χ1v) is 7.63. The van der Waals surface area contributed by atoms with Crippen molar-refractivity contribution in [1.82, 2.24) is 4.90 Å². The number of nitro groups is 1. The molecule has 1 fully saturated rings. The molecule has 9 nitrogen and oxygen atoms in total. The fraction of sp³-hybridized carbons (Fsp3) is 0.438. The van der Waals surface area contributed by atoms with Crippen LogP contribution < -0.4 is 0 Å². The Kier molecular flexibility index (Phi) is 5.68. The Morgan fingerprint density at radius 3 is 2.32 bits per heavy atom. The van der Waals surface area contributed by atoms with Gasteiger partial charge in [0.05, 0.1) is 30.6 Å². The molecule has 2 rings (SSSR count). The maximum Gasteiger partial charge on any atom is 0.337 e. The van der Waals surface area contributed by atoms with E-state index >= 15 is 0 Å². The zero-order valence-electron chi connectivity index (χ0n) is 13.9.